The maximum Gasteiger partial charge on any atom is 0.142 e. The first-order valence-corrected chi connectivity index (χ1v) is 13.5. The lowest BCUT2D eigenvalue weighted by Crippen LogP contribution is -2.38. The van der Waals surface area contributed by atoms with Gasteiger partial charge in [0.15, 0.2) is 0 Å². The van der Waals surface area contributed by atoms with Gasteiger partial charge in [-0.15, -0.1) is 0 Å². The van der Waals surface area contributed by atoms with Crippen LogP contribution in [0.25, 0.3) is 17.1 Å². The number of rotatable bonds is 5. The Balaban J connectivity index is 0.000000534. The zero-order valence-corrected chi connectivity index (χ0v) is 24.3. The maximum absolute atomic E-state index is 8.83. The summed E-state index contributed by atoms with van der Waals surface area (Å²) in [4.78, 5) is 7.23. The number of benzene rings is 1. The Morgan fingerprint density at radius 2 is 1.62 bits per heavy atom. The molecule has 37 heavy (non-hydrogen) atoms. The molecule has 1 saturated heterocycles. The molecule has 2 unspecified atom stereocenters. The number of hydrogen-bond donors (Lipinski definition) is 3. The van der Waals surface area contributed by atoms with Gasteiger partial charge in [0.05, 0.1) is 5.60 Å². The van der Waals surface area contributed by atoms with Crippen LogP contribution < -0.4 is 10.4 Å². The van der Waals surface area contributed by atoms with E-state index in [1.54, 1.807) is 19.3 Å². The van der Waals surface area contributed by atoms with Crippen LogP contribution in [0, 0.1) is 11.8 Å². The van der Waals surface area contributed by atoms with E-state index in [-0.39, 0.29) is 0 Å². The highest BCUT2D eigenvalue weighted by Crippen LogP contribution is 2.31. The number of nitrogens with one attached hydrogen (secondary N) is 1. The second-order valence-electron chi connectivity index (χ2n) is 10.2. The average Bonchev–Trinajstić information content (AvgIpc) is 3.28. The van der Waals surface area contributed by atoms with Crippen LogP contribution in [0.2, 0.25) is 0 Å². The Morgan fingerprint density at radius 3 is 2.11 bits per heavy atom. The molecule has 2 aromatic heterocycles. The molecule has 1 fully saturated rings. The van der Waals surface area contributed by atoms with Crippen molar-refractivity contribution in [2.75, 3.05) is 25.0 Å². The number of hydrogen-bond acceptors (Lipinski definition) is 5. The topological polar surface area (TPSA) is 73.6 Å². The number of fused-ring (bicyclic) bond motifs is 1. The first-order valence-electron chi connectivity index (χ1n) is 13.5. The van der Waals surface area contributed by atoms with E-state index < -0.39 is 5.60 Å². The SMILES string of the molecule is C=Cc1ccc(Cn2ccc3c(N4CC(C)CC(C)C4)ccnc32)cc1.CC.CCC(C)(C)O.CNO. The Bertz CT molecular complexity index is 1030. The highest BCUT2D eigenvalue weighted by molar-refractivity contribution is 5.90. The third kappa shape index (κ3) is 10.7. The van der Waals surface area contributed by atoms with Gasteiger partial charge in [0.2, 0.25) is 0 Å². The predicted octanol–water partition coefficient (Wildman–Crippen LogP) is 7.00. The number of anilines is 1. The fourth-order valence-corrected chi connectivity index (χ4v) is 4.30. The van der Waals surface area contributed by atoms with E-state index in [9.17, 15) is 0 Å². The average molecular weight is 511 g/mol. The van der Waals surface area contributed by atoms with Crippen molar-refractivity contribution in [3.63, 3.8) is 0 Å². The number of hydroxylamine groups is 1. The first-order chi connectivity index (χ1) is 17.6. The van der Waals surface area contributed by atoms with Crippen LogP contribution in [0.5, 0.6) is 0 Å². The predicted molar refractivity (Wildman–Crippen MR) is 159 cm³/mol. The monoisotopic (exact) mass is 510 g/mol. The third-order valence-corrected chi connectivity index (χ3v) is 6.28. The number of aromatic nitrogens is 2. The minimum atomic E-state index is -0.458. The fourth-order valence-electron chi connectivity index (χ4n) is 4.30. The highest BCUT2D eigenvalue weighted by Gasteiger charge is 2.23. The van der Waals surface area contributed by atoms with E-state index in [1.807, 2.05) is 33.0 Å². The van der Waals surface area contributed by atoms with Crippen LogP contribution >= 0.6 is 0 Å². The summed E-state index contributed by atoms with van der Waals surface area (Å²) >= 11 is 0. The lowest BCUT2D eigenvalue weighted by atomic mass is 9.91. The molecule has 1 aromatic carbocycles. The van der Waals surface area contributed by atoms with Crippen molar-refractivity contribution < 1.29 is 10.3 Å². The summed E-state index contributed by atoms with van der Waals surface area (Å²) in [7, 11) is 1.43. The summed E-state index contributed by atoms with van der Waals surface area (Å²) in [6, 6.07) is 13.0. The van der Waals surface area contributed by atoms with Crippen molar-refractivity contribution in [3.05, 3.63) is 66.5 Å². The number of nitrogens with zero attached hydrogens (tertiary/aromatic N) is 3. The van der Waals surface area contributed by atoms with Crippen molar-refractivity contribution in [2.24, 2.45) is 11.8 Å². The van der Waals surface area contributed by atoms with Crippen LogP contribution in [0.15, 0.2) is 55.4 Å². The molecule has 0 amide bonds. The molecular weight excluding hydrogens is 460 g/mol. The number of aliphatic hydroxyl groups is 1. The van der Waals surface area contributed by atoms with Crippen LogP contribution in [-0.2, 0) is 6.54 Å². The molecule has 2 atom stereocenters. The van der Waals surface area contributed by atoms with E-state index in [4.69, 9.17) is 10.3 Å². The molecule has 1 aliphatic heterocycles. The van der Waals surface area contributed by atoms with E-state index in [0.717, 1.165) is 49.1 Å². The van der Waals surface area contributed by atoms with Crippen molar-refractivity contribution in [1.82, 2.24) is 15.0 Å². The summed E-state index contributed by atoms with van der Waals surface area (Å²) in [5, 5.41) is 17.4. The zero-order valence-electron chi connectivity index (χ0n) is 24.3. The molecule has 4 rings (SSSR count). The van der Waals surface area contributed by atoms with Crippen LogP contribution in [0.1, 0.15) is 72.4 Å². The molecule has 0 radical (unpaired) electrons. The van der Waals surface area contributed by atoms with E-state index in [1.165, 1.54) is 30.1 Å². The van der Waals surface area contributed by atoms with E-state index in [2.05, 4.69) is 77.5 Å². The van der Waals surface area contributed by atoms with Gasteiger partial charge in [-0.2, -0.15) is 0 Å². The van der Waals surface area contributed by atoms with Crippen molar-refractivity contribution in [1.29, 1.82) is 0 Å². The first kappa shape index (κ1) is 32.4. The smallest absolute Gasteiger partial charge is 0.142 e. The van der Waals surface area contributed by atoms with Gasteiger partial charge in [-0.05, 0) is 61.8 Å². The number of pyridine rings is 1. The molecule has 6 nitrogen and oxygen atoms in total. The molecule has 3 heterocycles. The van der Waals surface area contributed by atoms with Crippen LogP contribution in [0.4, 0.5) is 5.69 Å². The van der Waals surface area contributed by atoms with Crippen molar-refractivity contribution in [3.8, 4) is 0 Å². The van der Waals surface area contributed by atoms with Gasteiger partial charge < -0.3 is 19.8 Å². The summed E-state index contributed by atoms with van der Waals surface area (Å²) in [6.07, 6.45) is 8.15. The standard InChI is InChI=1S/C23H27N3.C5H12O.C2H6.CH5NO/c1-4-19-5-7-20(8-6-19)16-25-12-10-21-22(9-11-24-23(21)25)26-14-17(2)13-18(3)15-26;1-4-5(2,3)6;1-2;1-2-3/h4-12,17-18H,1,13-16H2,2-3H3;6H,4H2,1-3H3;1-2H3;2-3H,1H3. The molecule has 0 spiro atoms. The summed E-state index contributed by atoms with van der Waals surface area (Å²) < 4.78 is 2.25. The second kappa shape index (κ2) is 16.2. The number of piperidine rings is 1. The zero-order chi connectivity index (χ0) is 28.0. The Labute approximate surface area is 225 Å². The summed E-state index contributed by atoms with van der Waals surface area (Å²) in [5.74, 6) is 1.49. The van der Waals surface area contributed by atoms with Gasteiger partial charge in [-0.1, -0.05) is 71.5 Å². The normalized spacial score (nSPS) is 17.0. The maximum atomic E-state index is 8.83. The van der Waals surface area contributed by atoms with Gasteiger partial charge in [-0.25, -0.2) is 10.5 Å². The summed E-state index contributed by atoms with van der Waals surface area (Å²) in [6.45, 7) is 21.2. The molecular formula is C31H50N4O2. The summed E-state index contributed by atoms with van der Waals surface area (Å²) in [5.41, 5.74) is 6.12. The quantitative estimate of drug-likeness (QED) is 0.322. The van der Waals surface area contributed by atoms with Crippen molar-refractivity contribution >= 4 is 22.8 Å². The lowest BCUT2D eigenvalue weighted by molar-refractivity contribution is 0.0765. The lowest BCUT2D eigenvalue weighted by Gasteiger charge is -2.36. The van der Waals surface area contributed by atoms with Gasteiger partial charge in [0.25, 0.3) is 0 Å². The third-order valence-electron chi connectivity index (χ3n) is 6.28. The van der Waals surface area contributed by atoms with E-state index in [0.29, 0.717) is 0 Å². The molecule has 3 aromatic rings. The molecule has 0 aliphatic carbocycles. The molecule has 1 aliphatic rings. The molecule has 6 heteroatoms. The molecule has 3 N–H and O–H groups in total. The van der Waals surface area contributed by atoms with Crippen LogP contribution in [0.3, 0.4) is 0 Å². The minimum absolute atomic E-state index is 0.458. The second-order valence-corrected chi connectivity index (χ2v) is 10.2. The van der Waals surface area contributed by atoms with Crippen molar-refractivity contribution in [2.45, 2.75) is 73.5 Å². The Kier molecular flexibility index (Phi) is 14.2. The highest BCUT2D eigenvalue weighted by atomic mass is 16.5. The van der Waals surface area contributed by atoms with Gasteiger partial charge in [-0.3, -0.25) is 0 Å². The molecule has 0 saturated carbocycles. The fraction of sp³-hybridized carbons (Fsp3) is 0.516. The largest absolute Gasteiger partial charge is 0.390 e. The van der Waals surface area contributed by atoms with E-state index >= 15 is 0 Å². The Morgan fingerprint density at radius 1 is 1.08 bits per heavy atom. The van der Waals surface area contributed by atoms with Gasteiger partial charge >= 0.3 is 0 Å². The minimum Gasteiger partial charge on any atom is -0.390 e. The van der Waals surface area contributed by atoms with Crippen LogP contribution in [-0.4, -0.2) is 45.6 Å². The molecule has 0 bridgehead atoms. The molecule has 206 valence electrons. The Hall–Kier alpha value is -2.67. The van der Waals surface area contributed by atoms with Gasteiger partial charge in [0, 0.05) is 50.1 Å². The van der Waals surface area contributed by atoms with Gasteiger partial charge in [0.1, 0.15) is 5.65 Å².